The molecule has 16 heavy (non-hydrogen) atoms. The van der Waals surface area contributed by atoms with E-state index in [2.05, 4.69) is 9.57 Å². The Morgan fingerprint density at radius 3 is 2.38 bits per heavy atom. The van der Waals surface area contributed by atoms with Crippen molar-refractivity contribution in [3.05, 3.63) is 48.3 Å². The highest BCUT2D eigenvalue weighted by molar-refractivity contribution is 5.94. The Balaban J connectivity index is 0.000000165. The highest BCUT2D eigenvalue weighted by atomic mass is 16.4. The van der Waals surface area contributed by atoms with Gasteiger partial charge in [0.05, 0.1) is 12.5 Å². The van der Waals surface area contributed by atoms with Crippen molar-refractivity contribution in [1.29, 1.82) is 5.26 Å². The molecule has 2 heterocycles. The van der Waals surface area contributed by atoms with E-state index in [0.717, 1.165) is 0 Å². The lowest BCUT2D eigenvalue weighted by Crippen LogP contribution is -2.11. The number of amidine groups is 1. The first-order valence-electron chi connectivity index (χ1n) is 4.23. The third-order valence-corrected chi connectivity index (χ3v) is 1.51. The average molecular weight is 219 g/mol. The van der Waals surface area contributed by atoms with E-state index in [-0.39, 0.29) is 5.84 Å². The number of furan rings is 2. The zero-order chi connectivity index (χ0) is 11.8. The van der Waals surface area contributed by atoms with Crippen LogP contribution in [0.25, 0.3) is 0 Å². The molecule has 2 aromatic heterocycles. The van der Waals surface area contributed by atoms with E-state index < -0.39 is 0 Å². The summed E-state index contributed by atoms with van der Waals surface area (Å²) < 4.78 is 9.39. The number of nitrogens with two attached hydrogens (primary N) is 1. The minimum Gasteiger partial charge on any atom is -0.461 e. The maximum absolute atomic E-state index is 8.11. The minimum absolute atomic E-state index is 0.0139. The van der Waals surface area contributed by atoms with Gasteiger partial charge in [-0.25, -0.2) is 0 Å². The fourth-order valence-electron chi connectivity index (χ4n) is 0.816. The van der Waals surface area contributed by atoms with Gasteiger partial charge in [-0.1, -0.05) is 5.16 Å². The first-order chi connectivity index (χ1) is 7.77. The molecule has 0 radical (unpaired) electrons. The van der Waals surface area contributed by atoms with Crippen LogP contribution in [-0.2, 0) is 0 Å². The maximum Gasteiger partial charge on any atom is 0.205 e. The zero-order valence-electron chi connectivity index (χ0n) is 8.20. The molecule has 0 saturated heterocycles. The number of oxime groups is 1. The third kappa shape index (κ3) is 3.23. The Morgan fingerprint density at radius 1 is 1.31 bits per heavy atom. The maximum atomic E-state index is 8.11. The highest BCUT2D eigenvalue weighted by Gasteiger charge is 1.98. The summed E-state index contributed by atoms with van der Waals surface area (Å²) in [5.41, 5.74) is 5.14. The standard InChI is InChI=1S/C5H6N2O2.C5H3NO/c6-5(7-8)4-2-1-3-9-4;6-4-5-2-1-3-7-5/h1-3,8H,(H2,6,7);1-3H. The second-order valence-corrected chi connectivity index (χ2v) is 2.55. The number of nitrogens with zero attached hydrogens (tertiary/aromatic N) is 2. The first-order valence-corrected chi connectivity index (χ1v) is 4.23. The average Bonchev–Trinajstić information content (AvgIpc) is 3.01. The van der Waals surface area contributed by atoms with Gasteiger partial charge in [-0.05, 0) is 24.3 Å². The van der Waals surface area contributed by atoms with Crippen molar-refractivity contribution in [3.8, 4) is 6.07 Å². The molecule has 2 rings (SSSR count). The summed E-state index contributed by atoms with van der Waals surface area (Å²) in [7, 11) is 0. The second-order valence-electron chi connectivity index (χ2n) is 2.55. The predicted octanol–water partition coefficient (Wildman–Crippen LogP) is 1.53. The molecule has 0 fully saturated rings. The van der Waals surface area contributed by atoms with E-state index in [1.807, 2.05) is 6.07 Å². The molecule has 2 aromatic rings. The van der Waals surface area contributed by atoms with E-state index in [9.17, 15) is 0 Å². The molecule has 0 amide bonds. The Morgan fingerprint density at radius 2 is 2.00 bits per heavy atom. The topological polar surface area (TPSA) is 109 Å². The molecule has 82 valence electrons. The number of rotatable bonds is 1. The van der Waals surface area contributed by atoms with Crippen LogP contribution in [0.1, 0.15) is 11.5 Å². The minimum atomic E-state index is -0.0139. The van der Waals surface area contributed by atoms with Crippen molar-refractivity contribution in [2.75, 3.05) is 0 Å². The number of nitriles is 1. The summed E-state index contributed by atoms with van der Waals surface area (Å²) in [6.07, 6.45) is 2.92. The molecule has 0 spiro atoms. The Bertz CT molecular complexity index is 466. The van der Waals surface area contributed by atoms with Crippen molar-refractivity contribution in [1.82, 2.24) is 0 Å². The monoisotopic (exact) mass is 219 g/mol. The third-order valence-electron chi connectivity index (χ3n) is 1.51. The van der Waals surface area contributed by atoms with Crippen molar-refractivity contribution in [2.45, 2.75) is 0 Å². The molecule has 0 aliphatic rings. The van der Waals surface area contributed by atoms with Gasteiger partial charge in [-0.15, -0.1) is 0 Å². The van der Waals surface area contributed by atoms with Gasteiger partial charge >= 0.3 is 0 Å². The van der Waals surface area contributed by atoms with Crippen LogP contribution in [0.15, 0.2) is 50.8 Å². The fourth-order valence-corrected chi connectivity index (χ4v) is 0.816. The molecule has 0 aromatic carbocycles. The first kappa shape index (κ1) is 11.4. The lowest BCUT2D eigenvalue weighted by molar-refractivity contribution is 0.317. The summed E-state index contributed by atoms with van der Waals surface area (Å²) in [5.74, 6) is 0.720. The molecule has 0 unspecified atom stereocenters. The Hall–Kier alpha value is -2.68. The quantitative estimate of drug-likeness (QED) is 0.327. The second kappa shape index (κ2) is 5.93. The van der Waals surface area contributed by atoms with Crippen molar-refractivity contribution in [2.24, 2.45) is 10.9 Å². The molecule has 3 N–H and O–H groups in total. The lowest BCUT2D eigenvalue weighted by atomic mass is 10.4. The summed E-state index contributed by atoms with van der Waals surface area (Å²) in [5, 5.41) is 18.9. The smallest absolute Gasteiger partial charge is 0.205 e. The van der Waals surface area contributed by atoms with Crippen LogP contribution in [0, 0.1) is 11.3 Å². The molecule has 6 heteroatoms. The lowest BCUT2D eigenvalue weighted by Gasteiger charge is -1.87. The zero-order valence-corrected chi connectivity index (χ0v) is 8.20. The van der Waals surface area contributed by atoms with Gasteiger partial charge in [0.1, 0.15) is 6.07 Å². The van der Waals surface area contributed by atoms with Crippen molar-refractivity contribution < 1.29 is 14.0 Å². The molecule has 0 atom stereocenters. The number of hydrogen-bond donors (Lipinski definition) is 2. The normalized spacial score (nSPS) is 10.1. The fraction of sp³-hybridized carbons (Fsp3) is 0. The molecular weight excluding hydrogens is 210 g/mol. The van der Waals surface area contributed by atoms with Crippen LogP contribution in [-0.4, -0.2) is 11.0 Å². The van der Waals surface area contributed by atoms with Gasteiger partial charge < -0.3 is 19.8 Å². The molecule has 0 aliphatic heterocycles. The summed E-state index contributed by atoms with van der Waals surface area (Å²) in [6, 6.07) is 8.40. The molecule has 0 bridgehead atoms. The van der Waals surface area contributed by atoms with Crippen LogP contribution in [0.3, 0.4) is 0 Å². The summed E-state index contributed by atoms with van der Waals surface area (Å²) >= 11 is 0. The van der Waals surface area contributed by atoms with E-state index in [1.165, 1.54) is 12.5 Å². The van der Waals surface area contributed by atoms with E-state index in [1.54, 1.807) is 24.3 Å². The summed E-state index contributed by atoms with van der Waals surface area (Å²) in [4.78, 5) is 0. The van der Waals surface area contributed by atoms with Gasteiger partial charge in [0, 0.05) is 0 Å². The van der Waals surface area contributed by atoms with E-state index >= 15 is 0 Å². The summed E-state index contributed by atoms with van der Waals surface area (Å²) in [6.45, 7) is 0. The van der Waals surface area contributed by atoms with Crippen molar-refractivity contribution in [3.63, 3.8) is 0 Å². The molecule has 6 nitrogen and oxygen atoms in total. The Labute approximate surface area is 91.2 Å². The van der Waals surface area contributed by atoms with Crippen LogP contribution in [0.4, 0.5) is 0 Å². The van der Waals surface area contributed by atoms with Crippen LogP contribution >= 0.6 is 0 Å². The van der Waals surface area contributed by atoms with Crippen LogP contribution in [0.5, 0.6) is 0 Å². The molecular formula is C10H9N3O3. The van der Waals surface area contributed by atoms with Gasteiger partial charge in [-0.3, -0.25) is 0 Å². The Kier molecular flexibility index (Phi) is 4.22. The van der Waals surface area contributed by atoms with Crippen LogP contribution in [0.2, 0.25) is 0 Å². The predicted molar refractivity (Wildman–Crippen MR) is 54.6 cm³/mol. The SMILES string of the molecule is N#Cc1ccco1.N/C(=N\O)c1ccco1. The van der Waals surface area contributed by atoms with Gasteiger partial charge in [0.15, 0.2) is 5.76 Å². The molecule has 0 saturated carbocycles. The largest absolute Gasteiger partial charge is 0.461 e. The van der Waals surface area contributed by atoms with E-state index in [0.29, 0.717) is 11.5 Å². The van der Waals surface area contributed by atoms with E-state index in [4.69, 9.17) is 20.6 Å². The van der Waals surface area contributed by atoms with Gasteiger partial charge in [0.2, 0.25) is 11.6 Å². The van der Waals surface area contributed by atoms with Gasteiger partial charge in [0.25, 0.3) is 0 Å². The molecule has 0 aliphatic carbocycles. The van der Waals surface area contributed by atoms with Crippen LogP contribution < -0.4 is 5.73 Å². The van der Waals surface area contributed by atoms with Gasteiger partial charge in [-0.2, -0.15) is 5.26 Å². The highest BCUT2D eigenvalue weighted by Crippen LogP contribution is 1.97. The number of hydrogen-bond acceptors (Lipinski definition) is 5. The van der Waals surface area contributed by atoms with Crippen molar-refractivity contribution >= 4 is 5.84 Å².